The highest BCUT2D eigenvalue weighted by atomic mass is 16.5. The summed E-state index contributed by atoms with van der Waals surface area (Å²) >= 11 is 0. The lowest BCUT2D eigenvalue weighted by atomic mass is 9.44. The van der Waals surface area contributed by atoms with Gasteiger partial charge in [-0.05, 0) is 111 Å². The standard InChI is InChI=1S/C27H45NO2/c1-16-7-12-27(28-15-16)17(2)24-23(30-27)14-22-20-6-5-18-13-19(29)8-10-25(18,3)21(20)9-11-26(22,24)4/h16-24,28-29H,5-15H2,1-4H3/t16-,17-,18?,19-,20?,21?,22?,23?,24?,25-,26-,27-/m0/s1. The number of hydrogen-bond acceptors (Lipinski definition) is 3. The molecule has 6 fully saturated rings. The summed E-state index contributed by atoms with van der Waals surface area (Å²) in [4.78, 5) is 0. The van der Waals surface area contributed by atoms with Crippen LogP contribution in [0.25, 0.3) is 0 Å². The summed E-state index contributed by atoms with van der Waals surface area (Å²) in [6, 6.07) is 0. The highest BCUT2D eigenvalue weighted by molar-refractivity contribution is 5.16. The molecule has 0 amide bonds. The van der Waals surface area contributed by atoms with Gasteiger partial charge in [0.1, 0.15) is 5.72 Å². The molecule has 2 aliphatic heterocycles. The van der Waals surface area contributed by atoms with Crippen molar-refractivity contribution in [1.82, 2.24) is 5.32 Å². The Bertz CT molecular complexity index is 686. The zero-order valence-corrected chi connectivity index (χ0v) is 19.8. The van der Waals surface area contributed by atoms with Gasteiger partial charge in [-0.2, -0.15) is 0 Å². The molecule has 4 saturated carbocycles. The van der Waals surface area contributed by atoms with Crippen LogP contribution < -0.4 is 5.32 Å². The van der Waals surface area contributed by atoms with E-state index in [0.29, 0.717) is 22.9 Å². The van der Waals surface area contributed by atoms with Gasteiger partial charge in [-0.1, -0.05) is 27.7 Å². The van der Waals surface area contributed by atoms with Crippen molar-refractivity contribution in [3.63, 3.8) is 0 Å². The molecule has 6 aliphatic rings. The topological polar surface area (TPSA) is 41.5 Å². The summed E-state index contributed by atoms with van der Waals surface area (Å²) < 4.78 is 7.01. The number of aliphatic hydroxyl groups excluding tert-OH is 1. The van der Waals surface area contributed by atoms with Crippen molar-refractivity contribution in [3.8, 4) is 0 Å². The van der Waals surface area contributed by atoms with Crippen LogP contribution in [-0.4, -0.2) is 29.6 Å². The SMILES string of the molecule is C[C@H]1CC[C@]2(NC1)OC1CC3C4CCC5C[C@@H](O)CC[C@]5(C)C4CC[C@]3(C)C1[C@@H]2C. The number of fused-ring (bicyclic) bond motifs is 7. The van der Waals surface area contributed by atoms with Gasteiger partial charge in [0.2, 0.25) is 0 Å². The van der Waals surface area contributed by atoms with E-state index in [1.807, 2.05) is 0 Å². The molecule has 12 atom stereocenters. The maximum atomic E-state index is 10.3. The van der Waals surface area contributed by atoms with E-state index in [-0.39, 0.29) is 11.8 Å². The van der Waals surface area contributed by atoms with E-state index >= 15 is 0 Å². The van der Waals surface area contributed by atoms with Gasteiger partial charge < -0.3 is 9.84 Å². The Labute approximate surface area is 184 Å². The fraction of sp³-hybridized carbons (Fsp3) is 1.00. The first-order chi connectivity index (χ1) is 14.3. The van der Waals surface area contributed by atoms with Crippen LogP contribution >= 0.6 is 0 Å². The molecule has 2 saturated heterocycles. The largest absolute Gasteiger partial charge is 0.393 e. The Morgan fingerprint density at radius 1 is 0.867 bits per heavy atom. The first-order valence-electron chi connectivity index (χ1n) is 13.4. The van der Waals surface area contributed by atoms with Crippen molar-refractivity contribution in [2.75, 3.05) is 6.54 Å². The van der Waals surface area contributed by atoms with Crippen molar-refractivity contribution < 1.29 is 9.84 Å². The highest BCUT2D eigenvalue weighted by Crippen LogP contribution is 2.71. The van der Waals surface area contributed by atoms with Gasteiger partial charge in [0.15, 0.2) is 0 Å². The number of hydrogen-bond donors (Lipinski definition) is 2. The summed E-state index contributed by atoms with van der Waals surface area (Å²) in [6.07, 6.45) is 13.2. The molecule has 6 unspecified atom stereocenters. The van der Waals surface area contributed by atoms with Crippen LogP contribution in [0, 0.1) is 52.3 Å². The normalized spacial score (nSPS) is 62.5. The fourth-order valence-corrected chi connectivity index (χ4v) is 10.4. The van der Waals surface area contributed by atoms with Gasteiger partial charge in [-0.15, -0.1) is 0 Å². The van der Waals surface area contributed by atoms with Crippen LogP contribution in [0.2, 0.25) is 0 Å². The van der Waals surface area contributed by atoms with Crippen LogP contribution in [0.15, 0.2) is 0 Å². The van der Waals surface area contributed by atoms with E-state index < -0.39 is 0 Å². The molecule has 0 aromatic carbocycles. The monoisotopic (exact) mass is 415 g/mol. The molecule has 0 radical (unpaired) electrons. The molecule has 0 bridgehead atoms. The molecule has 2 N–H and O–H groups in total. The van der Waals surface area contributed by atoms with Gasteiger partial charge in [0.25, 0.3) is 0 Å². The van der Waals surface area contributed by atoms with Crippen molar-refractivity contribution >= 4 is 0 Å². The smallest absolute Gasteiger partial charge is 0.122 e. The van der Waals surface area contributed by atoms with E-state index in [0.717, 1.165) is 54.9 Å². The Balaban J connectivity index is 1.26. The van der Waals surface area contributed by atoms with Crippen molar-refractivity contribution in [2.45, 2.75) is 110 Å². The fourth-order valence-electron chi connectivity index (χ4n) is 10.4. The van der Waals surface area contributed by atoms with E-state index in [4.69, 9.17) is 4.74 Å². The van der Waals surface area contributed by atoms with Crippen molar-refractivity contribution in [1.29, 1.82) is 0 Å². The van der Waals surface area contributed by atoms with E-state index in [1.54, 1.807) is 0 Å². The minimum atomic E-state index is -0.0320. The van der Waals surface area contributed by atoms with Crippen LogP contribution in [0.1, 0.15) is 91.9 Å². The first kappa shape index (κ1) is 20.5. The quantitative estimate of drug-likeness (QED) is 0.559. The molecule has 170 valence electrons. The van der Waals surface area contributed by atoms with Crippen molar-refractivity contribution in [2.24, 2.45) is 52.3 Å². The van der Waals surface area contributed by atoms with Gasteiger partial charge in [0, 0.05) is 12.5 Å². The Morgan fingerprint density at radius 3 is 2.43 bits per heavy atom. The molecule has 3 heteroatoms. The molecule has 2 heterocycles. The van der Waals surface area contributed by atoms with E-state index in [9.17, 15) is 5.11 Å². The lowest BCUT2D eigenvalue weighted by molar-refractivity contribution is -0.140. The third-order valence-electron chi connectivity index (χ3n) is 12.1. The lowest BCUT2D eigenvalue weighted by Gasteiger charge is -2.61. The zero-order chi connectivity index (χ0) is 20.9. The van der Waals surface area contributed by atoms with Crippen LogP contribution in [-0.2, 0) is 4.74 Å². The number of ether oxygens (including phenoxy) is 1. The zero-order valence-electron chi connectivity index (χ0n) is 19.8. The molecule has 0 aromatic rings. The predicted molar refractivity (Wildman–Crippen MR) is 120 cm³/mol. The number of rotatable bonds is 0. The Morgan fingerprint density at radius 2 is 1.67 bits per heavy atom. The second-order valence-corrected chi connectivity index (χ2v) is 13.3. The van der Waals surface area contributed by atoms with Gasteiger partial charge >= 0.3 is 0 Å². The molecule has 0 aromatic heterocycles. The minimum Gasteiger partial charge on any atom is -0.393 e. The van der Waals surface area contributed by atoms with Crippen LogP contribution in [0.5, 0.6) is 0 Å². The van der Waals surface area contributed by atoms with Gasteiger partial charge in [-0.25, -0.2) is 0 Å². The molecular weight excluding hydrogens is 370 g/mol. The maximum Gasteiger partial charge on any atom is 0.122 e. The second kappa shape index (κ2) is 6.70. The average Bonchev–Trinajstić information content (AvgIpc) is 3.16. The lowest BCUT2D eigenvalue weighted by Crippen LogP contribution is -2.57. The number of nitrogens with one attached hydrogen (secondary N) is 1. The summed E-state index contributed by atoms with van der Waals surface area (Å²) in [5.74, 6) is 5.57. The number of piperidine rings is 1. The van der Waals surface area contributed by atoms with E-state index in [2.05, 4.69) is 33.0 Å². The summed E-state index contributed by atoms with van der Waals surface area (Å²) in [6.45, 7) is 11.3. The predicted octanol–water partition coefficient (Wildman–Crippen LogP) is 5.37. The highest BCUT2D eigenvalue weighted by Gasteiger charge is 2.68. The summed E-state index contributed by atoms with van der Waals surface area (Å²) in [5, 5.41) is 14.2. The molecule has 30 heavy (non-hydrogen) atoms. The second-order valence-electron chi connectivity index (χ2n) is 13.3. The summed E-state index contributed by atoms with van der Waals surface area (Å²) in [5.41, 5.74) is 0.919. The average molecular weight is 416 g/mol. The number of aliphatic hydroxyl groups is 1. The molecule has 1 spiro atoms. The minimum absolute atomic E-state index is 0.0319. The Kier molecular flexibility index (Phi) is 4.58. The van der Waals surface area contributed by atoms with E-state index in [1.165, 1.54) is 51.4 Å². The molecule has 3 nitrogen and oxygen atoms in total. The van der Waals surface area contributed by atoms with Gasteiger partial charge in [-0.3, -0.25) is 5.32 Å². The summed E-state index contributed by atoms with van der Waals surface area (Å²) in [7, 11) is 0. The molecular formula is C27H45NO2. The van der Waals surface area contributed by atoms with Crippen molar-refractivity contribution in [3.05, 3.63) is 0 Å². The third kappa shape index (κ3) is 2.61. The van der Waals surface area contributed by atoms with Crippen LogP contribution in [0.4, 0.5) is 0 Å². The third-order valence-corrected chi connectivity index (χ3v) is 12.1. The van der Waals surface area contributed by atoms with Crippen LogP contribution in [0.3, 0.4) is 0 Å². The molecule has 4 aliphatic carbocycles. The first-order valence-corrected chi connectivity index (χ1v) is 13.4. The Hall–Kier alpha value is -0.120. The maximum absolute atomic E-state index is 10.3. The van der Waals surface area contributed by atoms with Gasteiger partial charge in [0.05, 0.1) is 12.2 Å². The molecule has 6 rings (SSSR count).